The fraction of sp³-hybridized carbons (Fsp3) is 0.652. The van der Waals surface area contributed by atoms with Crippen molar-refractivity contribution >= 4 is 35.8 Å². The van der Waals surface area contributed by atoms with Gasteiger partial charge in [0.2, 0.25) is 5.91 Å². The van der Waals surface area contributed by atoms with Gasteiger partial charge in [-0.05, 0) is 62.9 Å². The van der Waals surface area contributed by atoms with Crippen molar-refractivity contribution in [3.8, 4) is 5.75 Å². The molecule has 2 saturated heterocycles. The van der Waals surface area contributed by atoms with Gasteiger partial charge in [-0.1, -0.05) is 12.1 Å². The third-order valence-electron chi connectivity index (χ3n) is 6.53. The second kappa shape index (κ2) is 13.2. The summed E-state index contributed by atoms with van der Waals surface area (Å²) >= 11 is 0. The van der Waals surface area contributed by atoms with Gasteiger partial charge in [0.1, 0.15) is 5.75 Å². The lowest BCUT2D eigenvalue weighted by Crippen LogP contribution is -2.51. The van der Waals surface area contributed by atoms with Gasteiger partial charge in [0.25, 0.3) is 0 Å². The number of guanidine groups is 1. The molecule has 0 saturated carbocycles. The molecule has 2 atom stereocenters. The highest BCUT2D eigenvalue weighted by atomic mass is 127. The molecule has 1 aromatic rings. The van der Waals surface area contributed by atoms with Gasteiger partial charge in [-0.25, -0.2) is 0 Å². The van der Waals surface area contributed by atoms with Gasteiger partial charge in [-0.3, -0.25) is 19.6 Å². The first kappa shape index (κ1) is 26.7. The molecule has 2 aliphatic heterocycles. The number of hydrogen-bond acceptors (Lipinski definition) is 5. The van der Waals surface area contributed by atoms with Crippen LogP contribution in [0.2, 0.25) is 0 Å². The maximum Gasteiger partial charge on any atom is 0.231 e. The Hall–Kier alpha value is -1.59. The maximum atomic E-state index is 11.1. The number of nitrogens with zero attached hydrogens (tertiary/aromatic N) is 3. The minimum Gasteiger partial charge on any atom is -0.497 e. The van der Waals surface area contributed by atoms with Crippen LogP contribution in [0.1, 0.15) is 37.3 Å². The normalized spacial score (nSPS) is 23.3. The number of amides is 1. The molecule has 0 aromatic heterocycles. The Labute approximate surface area is 209 Å². The maximum absolute atomic E-state index is 11.1. The number of carbonyl (C=O) groups excluding carboxylic acids is 1. The van der Waals surface area contributed by atoms with E-state index < -0.39 is 0 Å². The molecule has 3 rings (SSSR count). The summed E-state index contributed by atoms with van der Waals surface area (Å²) in [4.78, 5) is 20.1. The van der Waals surface area contributed by atoms with Gasteiger partial charge in [-0.2, -0.15) is 0 Å². The molecule has 0 spiro atoms. The minimum absolute atomic E-state index is 0. The Morgan fingerprint density at radius 2 is 1.88 bits per heavy atom. The number of halogens is 1. The molecular weight excluding hydrogens is 519 g/mol. The van der Waals surface area contributed by atoms with E-state index in [9.17, 15) is 4.79 Å². The Bertz CT molecular complexity index is 737. The molecule has 180 valence electrons. The Kier molecular flexibility index (Phi) is 11.0. The molecule has 2 unspecified atom stereocenters. The molecule has 8 nitrogen and oxygen atoms in total. The molecule has 1 amide bonds. The number of primary amides is 1. The zero-order chi connectivity index (χ0) is 22.2. The number of piperidine rings is 2. The van der Waals surface area contributed by atoms with Gasteiger partial charge < -0.3 is 21.1 Å². The van der Waals surface area contributed by atoms with Gasteiger partial charge >= 0.3 is 0 Å². The molecular formula is C23H39IN6O2. The molecule has 0 aliphatic carbocycles. The lowest BCUT2D eigenvalue weighted by Gasteiger charge is -2.40. The van der Waals surface area contributed by atoms with Crippen LogP contribution in [0, 0.1) is 5.92 Å². The summed E-state index contributed by atoms with van der Waals surface area (Å²) in [6, 6.07) is 9.21. The van der Waals surface area contributed by atoms with Crippen molar-refractivity contribution in [1.29, 1.82) is 0 Å². The molecule has 2 heterocycles. The van der Waals surface area contributed by atoms with Crippen LogP contribution >= 0.6 is 24.0 Å². The summed E-state index contributed by atoms with van der Waals surface area (Å²) in [6.07, 6.45) is 4.36. The zero-order valence-corrected chi connectivity index (χ0v) is 21.9. The number of rotatable bonds is 7. The summed E-state index contributed by atoms with van der Waals surface area (Å²) in [7, 11) is 5.74. The SMILES string of the molecule is CN=C(NCC1CCCN(C)C1c1ccc(OC)cc1)NC1CCN(CC(N)=O)CC1.I. The van der Waals surface area contributed by atoms with Crippen molar-refractivity contribution in [2.45, 2.75) is 37.8 Å². The number of nitrogens with one attached hydrogen (secondary N) is 2. The van der Waals surface area contributed by atoms with Crippen molar-refractivity contribution in [1.82, 2.24) is 20.4 Å². The number of benzene rings is 1. The van der Waals surface area contributed by atoms with E-state index in [0.29, 0.717) is 24.5 Å². The van der Waals surface area contributed by atoms with E-state index in [1.807, 2.05) is 19.2 Å². The second-order valence-electron chi connectivity index (χ2n) is 8.72. The fourth-order valence-corrected chi connectivity index (χ4v) is 4.87. The summed E-state index contributed by atoms with van der Waals surface area (Å²) in [6.45, 7) is 4.10. The summed E-state index contributed by atoms with van der Waals surface area (Å²) in [5.74, 6) is 1.99. The number of likely N-dealkylation sites (tertiary alicyclic amines) is 2. The largest absolute Gasteiger partial charge is 0.497 e. The summed E-state index contributed by atoms with van der Waals surface area (Å²) < 4.78 is 5.33. The van der Waals surface area contributed by atoms with Crippen LogP contribution in [0.4, 0.5) is 0 Å². The third kappa shape index (κ3) is 7.48. The third-order valence-corrected chi connectivity index (χ3v) is 6.53. The van der Waals surface area contributed by atoms with Crippen molar-refractivity contribution in [2.24, 2.45) is 16.6 Å². The molecule has 0 radical (unpaired) electrons. The number of carbonyl (C=O) groups is 1. The molecule has 4 N–H and O–H groups in total. The van der Waals surface area contributed by atoms with Crippen LogP contribution in [0.3, 0.4) is 0 Å². The lowest BCUT2D eigenvalue weighted by molar-refractivity contribution is -0.119. The molecule has 2 aliphatic rings. The molecule has 32 heavy (non-hydrogen) atoms. The first-order chi connectivity index (χ1) is 15.0. The molecule has 2 fully saturated rings. The number of methoxy groups -OCH3 is 1. The van der Waals surface area contributed by atoms with E-state index in [4.69, 9.17) is 10.5 Å². The first-order valence-corrected chi connectivity index (χ1v) is 11.3. The summed E-state index contributed by atoms with van der Waals surface area (Å²) in [5.41, 5.74) is 6.65. The van der Waals surface area contributed by atoms with E-state index >= 15 is 0 Å². The number of aliphatic imine (C=N–C) groups is 1. The van der Waals surface area contributed by atoms with E-state index in [-0.39, 0.29) is 29.9 Å². The number of nitrogens with two attached hydrogens (primary N) is 1. The predicted octanol–water partition coefficient (Wildman–Crippen LogP) is 1.81. The molecule has 1 aromatic carbocycles. The molecule has 0 bridgehead atoms. The van der Waals surface area contributed by atoms with E-state index in [0.717, 1.165) is 50.7 Å². The van der Waals surface area contributed by atoms with Gasteiger partial charge in [0, 0.05) is 38.8 Å². The number of ether oxygens (including phenoxy) is 1. The summed E-state index contributed by atoms with van der Waals surface area (Å²) in [5, 5.41) is 7.14. The van der Waals surface area contributed by atoms with Crippen molar-refractivity contribution in [3.05, 3.63) is 29.8 Å². The lowest BCUT2D eigenvalue weighted by atomic mass is 9.85. The average molecular weight is 559 g/mol. The Balaban J connectivity index is 0.00000363. The van der Waals surface area contributed by atoms with Crippen LogP contribution in [0.25, 0.3) is 0 Å². The van der Waals surface area contributed by atoms with Crippen LogP contribution in [0.15, 0.2) is 29.3 Å². The standard InChI is InChI=1S/C23H38N6O2.HI/c1-25-23(27-19-10-13-29(14-11-19)16-21(24)30)26-15-18-5-4-12-28(2)22(18)17-6-8-20(31-3)9-7-17;/h6-9,18-19,22H,4-5,10-16H2,1-3H3,(H2,24,30)(H2,25,26,27);1H. The highest BCUT2D eigenvalue weighted by Gasteiger charge is 2.31. The van der Waals surface area contributed by atoms with Gasteiger partial charge in [-0.15, -0.1) is 24.0 Å². The van der Waals surface area contributed by atoms with Crippen molar-refractivity contribution < 1.29 is 9.53 Å². The first-order valence-electron chi connectivity index (χ1n) is 11.3. The zero-order valence-electron chi connectivity index (χ0n) is 19.5. The Morgan fingerprint density at radius 3 is 2.47 bits per heavy atom. The van der Waals surface area contributed by atoms with E-state index in [2.05, 4.69) is 44.6 Å². The van der Waals surface area contributed by atoms with Crippen molar-refractivity contribution in [3.63, 3.8) is 0 Å². The van der Waals surface area contributed by atoms with E-state index in [1.54, 1.807) is 7.11 Å². The number of hydrogen-bond donors (Lipinski definition) is 3. The van der Waals surface area contributed by atoms with Crippen LogP contribution in [-0.2, 0) is 4.79 Å². The highest BCUT2D eigenvalue weighted by Crippen LogP contribution is 2.35. The topological polar surface area (TPSA) is 95.2 Å². The van der Waals surface area contributed by atoms with Crippen LogP contribution < -0.4 is 21.1 Å². The Morgan fingerprint density at radius 1 is 1.19 bits per heavy atom. The predicted molar refractivity (Wildman–Crippen MR) is 140 cm³/mol. The van der Waals surface area contributed by atoms with Crippen molar-refractivity contribution in [2.75, 3.05) is 53.9 Å². The second-order valence-corrected chi connectivity index (χ2v) is 8.72. The average Bonchev–Trinajstić information content (AvgIpc) is 2.77. The fourth-order valence-electron chi connectivity index (χ4n) is 4.87. The minimum atomic E-state index is -0.257. The molecule has 9 heteroatoms. The van der Waals surface area contributed by atoms with E-state index in [1.165, 1.54) is 18.4 Å². The quantitative estimate of drug-likeness (QED) is 0.269. The highest BCUT2D eigenvalue weighted by molar-refractivity contribution is 14.0. The van der Waals surface area contributed by atoms with Crippen LogP contribution in [0.5, 0.6) is 5.75 Å². The smallest absolute Gasteiger partial charge is 0.231 e. The van der Waals surface area contributed by atoms with Gasteiger partial charge in [0.05, 0.1) is 13.7 Å². The monoisotopic (exact) mass is 558 g/mol. The van der Waals surface area contributed by atoms with Crippen LogP contribution in [-0.4, -0.2) is 81.6 Å². The van der Waals surface area contributed by atoms with Gasteiger partial charge in [0.15, 0.2) is 5.96 Å².